The van der Waals surface area contributed by atoms with Gasteiger partial charge in [0.2, 0.25) is 0 Å². The smallest absolute Gasteiger partial charge is 0.307 e. The molecule has 0 saturated carbocycles. The van der Waals surface area contributed by atoms with E-state index < -0.39 is 17.9 Å². The number of ether oxygens (including phenoxy) is 1. The highest BCUT2D eigenvalue weighted by molar-refractivity contribution is 5.78. The van der Waals surface area contributed by atoms with E-state index in [1.165, 1.54) is 96.0 Å². The Hall–Kier alpha value is -1.58. The summed E-state index contributed by atoms with van der Waals surface area (Å²) in [5.41, 5.74) is 0. The monoisotopic (exact) mass is 436 g/mol. The minimum Gasteiger partial charge on any atom is -0.481 e. The summed E-state index contributed by atoms with van der Waals surface area (Å²) < 4.78 is 4.89. The molecule has 1 unspecified atom stereocenters. The van der Waals surface area contributed by atoms with Crippen molar-refractivity contribution < 1.29 is 19.4 Å². The predicted octanol–water partition coefficient (Wildman–Crippen LogP) is 8.01. The quantitative estimate of drug-likeness (QED) is 0.0945. The lowest BCUT2D eigenvalue weighted by Crippen LogP contribution is -2.19. The van der Waals surface area contributed by atoms with Crippen molar-refractivity contribution in [2.45, 2.75) is 122 Å². The van der Waals surface area contributed by atoms with E-state index in [1.54, 1.807) is 0 Å². The number of carboxylic acids is 1. The van der Waals surface area contributed by atoms with Gasteiger partial charge in [-0.05, 0) is 19.3 Å². The van der Waals surface area contributed by atoms with E-state index >= 15 is 0 Å². The molecule has 0 fully saturated rings. The number of allylic oxidation sites excluding steroid dienone is 1. The van der Waals surface area contributed by atoms with Gasteiger partial charge in [0, 0.05) is 0 Å². The maximum absolute atomic E-state index is 11.6. The number of carbonyl (C=O) groups excluding carboxylic acids is 1. The van der Waals surface area contributed by atoms with Gasteiger partial charge in [-0.2, -0.15) is 0 Å². The van der Waals surface area contributed by atoms with E-state index in [1.807, 2.05) is 6.08 Å². The van der Waals surface area contributed by atoms with E-state index in [0.717, 1.165) is 19.3 Å². The van der Waals surface area contributed by atoms with Gasteiger partial charge >= 0.3 is 11.9 Å². The Morgan fingerprint density at radius 1 is 0.677 bits per heavy atom. The fourth-order valence-electron chi connectivity index (χ4n) is 3.88. The summed E-state index contributed by atoms with van der Waals surface area (Å²) in [6, 6.07) is 0. The van der Waals surface area contributed by atoms with Crippen molar-refractivity contribution in [3.63, 3.8) is 0 Å². The molecule has 1 atom stereocenters. The van der Waals surface area contributed by atoms with Crippen molar-refractivity contribution in [1.82, 2.24) is 0 Å². The molecule has 0 spiro atoms. The van der Waals surface area contributed by atoms with E-state index in [-0.39, 0.29) is 13.0 Å². The first-order valence-electron chi connectivity index (χ1n) is 12.7. The van der Waals surface area contributed by atoms with Crippen molar-refractivity contribution in [2.75, 3.05) is 6.61 Å². The standard InChI is InChI=1S/C27H48O4/c1-3-5-6-7-8-9-10-11-12-13-14-15-16-17-18-19-20-21-22-25(27(29)30)24-26(28)31-23-4-2/h3-4,25H,1-2,5-24H2,(H,29,30). The number of carboxylic acid groups (broad SMARTS) is 1. The van der Waals surface area contributed by atoms with Crippen LogP contribution in [0, 0.1) is 5.92 Å². The molecule has 0 radical (unpaired) electrons. The molecule has 0 aliphatic rings. The van der Waals surface area contributed by atoms with Crippen LogP contribution in [0.5, 0.6) is 0 Å². The molecule has 0 amide bonds. The van der Waals surface area contributed by atoms with Crippen molar-refractivity contribution in [3.8, 4) is 0 Å². The predicted molar refractivity (Wildman–Crippen MR) is 130 cm³/mol. The zero-order valence-electron chi connectivity index (χ0n) is 20.0. The first-order chi connectivity index (χ1) is 15.1. The molecule has 0 aromatic carbocycles. The number of hydrogen-bond donors (Lipinski definition) is 1. The van der Waals surface area contributed by atoms with Crippen LogP contribution >= 0.6 is 0 Å². The van der Waals surface area contributed by atoms with Crippen molar-refractivity contribution in [3.05, 3.63) is 25.3 Å². The Morgan fingerprint density at radius 3 is 1.48 bits per heavy atom. The van der Waals surface area contributed by atoms with Crippen LogP contribution in [0.3, 0.4) is 0 Å². The number of rotatable bonds is 24. The van der Waals surface area contributed by atoms with Gasteiger partial charge in [0.25, 0.3) is 0 Å². The average molecular weight is 437 g/mol. The minimum absolute atomic E-state index is 0.0428. The fraction of sp³-hybridized carbons (Fsp3) is 0.778. The third-order valence-electron chi connectivity index (χ3n) is 5.84. The molecular weight excluding hydrogens is 388 g/mol. The van der Waals surface area contributed by atoms with Gasteiger partial charge in [0.05, 0.1) is 12.3 Å². The van der Waals surface area contributed by atoms with Crippen LogP contribution in [0.25, 0.3) is 0 Å². The van der Waals surface area contributed by atoms with Crippen LogP contribution in [0.4, 0.5) is 0 Å². The van der Waals surface area contributed by atoms with E-state index in [2.05, 4.69) is 13.2 Å². The molecule has 4 heteroatoms. The van der Waals surface area contributed by atoms with E-state index in [0.29, 0.717) is 6.42 Å². The van der Waals surface area contributed by atoms with Crippen LogP contribution in [-0.4, -0.2) is 23.7 Å². The van der Waals surface area contributed by atoms with Gasteiger partial charge < -0.3 is 9.84 Å². The molecular formula is C27H48O4. The molecule has 0 saturated heterocycles. The van der Waals surface area contributed by atoms with Crippen LogP contribution in [0.1, 0.15) is 122 Å². The van der Waals surface area contributed by atoms with Crippen molar-refractivity contribution in [1.29, 1.82) is 0 Å². The maximum atomic E-state index is 11.6. The second-order valence-electron chi connectivity index (χ2n) is 8.73. The Morgan fingerprint density at radius 2 is 1.10 bits per heavy atom. The summed E-state index contributed by atoms with van der Waals surface area (Å²) in [4.78, 5) is 22.9. The Bertz CT molecular complexity index is 458. The molecule has 0 aliphatic carbocycles. The Kier molecular flexibility index (Phi) is 21.9. The molecule has 0 bridgehead atoms. The molecule has 0 aliphatic heterocycles. The van der Waals surface area contributed by atoms with Crippen LogP contribution < -0.4 is 0 Å². The molecule has 0 aromatic rings. The molecule has 0 aromatic heterocycles. The molecule has 4 nitrogen and oxygen atoms in total. The highest BCUT2D eigenvalue weighted by Crippen LogP contribution is 2.17. The second-order valence-corrected chi connectivity index (χ2v) is 8.73. The summed E-state index contributed by atoms with van der Waals surface area (Å²) in [5, 5.41) is 9.26. The first-order valence-corrected chi connectivity index (χ1v) is 12.7. The summed E-state index contributed by atoms with van der Waals surface area (Å²) >= 11 is 0. The van der Waals surface area contributed by atoms with Gasteiger partial charge in [-0.15, -0.1) is 6.58 Å². The zero-order valence-corrected chi connectivity index (χ0v) is 20.0. The Balaban J connectivity index is 3.39. The van der Waals surface area contributed by atoms with Gasteiger partial charge in [-0.25, -0.2) is 0 Å². The molecule has 180 valence electrons. The van der Waals surface area contributed by atoms with Gasteiger partial charge in [0.1, 0.15) is 6.61 Å². The van der Waals surface area contributed by atoms with Gasteiger partial charge in [-0.1, -0.05) is 115 Å². The lowest BCUT2D eigenvalue weighted by Gasteiger charge is -2.11. The third kappa shape index (κ3) is 21.4. The molecule has 0 heterocycles. The average Bonchev–Trinajstić information content (AvgIpc) is 2.75. The van der Waals surface area contributed by atoms with Crippen LogP contribution in [0.2, 0.25) is 0 Å². The van der Waals surface area contributed by atoms with Crippen molar-refractivity contribution in [2.24, 2.45) is 5.92 Å². The summed E-state index contributed by atoms with van der Waals surface area (Å²) in [6.07, 6.45) is 25.8. The number of hydrogen-bond acceptors (Lipinski definition) is 3. The summed E-state index contributed by atoms with van der Waals surface area (Å²) in [7, 11) is 0. The molecule has 0 rings (SSSR count). The largest absolute Gasteiger partial charge is 0.481 e. The highest BCUT2D eigenvalue weighted by atomic mass is 16.5. The number of aliphatic carboxylic acids is 1. The normalized spacial score (nSPS) is 11.7. The SMILES string of the molecule is C=CCCCCCCCCCCCCCCCCCCC(CC(=O)OCC=C)C(=O)O. The number of esters is 1. The van der Waals surface area contributed by atoms with E-state index in [4.69, 9.17) is 4.74 Å². The summed E-state index contributed by atoms with van der Waals surface area (Å²) in [5.74, 6) is -1.99. The minimum atomic E-state index is -0.904. The molecule has 1 N–H and O–H groups in total. The highest BCUT2D eigenvalue weighted by Gasteiger charge is 2.21. The molecule has 31 heavy (non-hydrogen) atoms. The maximum Gasteiger partial charge on any atom is 0.307 e. The zero-order chi connectivity index (χ0) is 23.0. The lowest BCUT2D eigenvalue weighted by molar-refractivity contribution is -0.151. The summed E-state index contributed by atoms with van der Waals surface area (Å²) in [6.45, 7) is 7.39. The van der Waals surface area contributed by atoms with Crippen molar-refractivity contribution >= 4 is 11.9 Å². The van der Waals surface area contributed by atoms with Crippen LogP contribution in [-0.2, 0) is 14.3 Å². The van der Waals surface area contributed by atoms with Gasteiger partial charge in [-0.3, -0.25) is 9.59 Å². The second kappa shape index (κ2) is 23.1. The first kappa shape index (κ1) is 29.4. The third-order valence-corrected chi connectivity index (χ3v) is 5.84. The topological polar surface area (TPSA) is 63.6 Å². The number of carbonyl (C=O) groups is 2. The fourth-order valence-corrected chi connectivity index (χ4v) is 3.88. The van der Waals surface area contributed by atoms with Crippen LogP contribution in [0.15, 0.2) is 25.3 Å². The lowest BCUT2D eigenvalue weighted by atomic mass is 9.97. The van der Waals surface area contributed by atoms with Gasteiger partial charge in [0.15, 0.2) is 0 Å². The number of unbranched alkanes of at least 4 members (excludes halogenated alkanes) is 16. The van der Waals surface area contributed by atoms with E-state index in [9.17, 15) is 14.7 Å². The Labute approximate surface area is 191 Å².